The van der Waals surface area contributed by atoms with E-state index >= 15 is 0 Å². The van der Waals surface area contributed by atoms with Crippen molar-refractivity contribution < 1.29 is 13.6 Å². The van der Waals surface area contributed by atoms with E-state index in [0.29, 0.717) is 31.6 Å². The minimum Gasteiger partial charge on any atom is -0.375 e. The molecule has 0 saturated heterocycles. The molecule has 0 spiro atoms. The maximum absolute atomic E-state index is 13.5. The summed E-state index contributed by atoms with van der Waals surface area (Å²) in [6.07, 6.45) is 2.05. The average Bonchev–Trinajstić information content (AvgIpc) is 3.05. The number of carbonyl (C=O) groups excluding carboxylic acids is 1. The largest absolute Gasteiger partial charge is 0.375 e. The van der Waals surface area contributed by atoms with Crippen molar-refractivity contribution in [3.05, 3.63) is 46.9 Å². The predicted octanol–water partition coefficient (Wildman–Crippen LogP) is 3.47. The van der Waals surface area contributed by atoms with E-state index in [1.807, 2.05) is 50.0 Å². The lowest BCUT2D eigenvalue weighted by Crippen LogP contribution is -2.42. The summed E-state index contributed by atoms with van der Waals surface area (Å²) in [4.78, 5) is 13.4. The third-order valence-corrected chi connectivity index (χ3v) is 6.37. The normalized spacial score (nSPS) is 19.3. The second-order valence-electron chi connectivity index (χ2n) is 8.52. The van der Waals surface area contributed by atoms with Gasteiger partial charge in [-0.25, -0.2) is 8.78 Å². The smallest absolute Gasteiger partial charge is 0.253 e. The van der Waals surface area contributed by atoms with Crippen LogP contribution in [-0.4, -0.2) is 34.3 Å². The van der Waals surface area contributed by atoms with Gasteiger partial charge in [-0.1, -0.05) is 12.1 Å². The quantitative estimate of drug-likeness (QED) is 0.699. The number of nitrogens with zero attached hydrogens (tertiary/aromatic N) is 2. The summed E-state index contributed by atoms with van der Waals surface area (Å²) in [5.74, 6) is -2.84. The number of carbonyl (C=O) groups is 1. The van der Waals surface area contributed by atoms with Crippen molar-refractivity contribution in [2.75, 3.05) is 6.67 Å². The molecule has 1 aromatic carbocycles. The SMILES string of the molecule is CC1=C(C(=O)NC2CCC(F)(F)CC2)c2cc(-c3cnn(C)c3C)ccc2CNCN1. The maximum atomic E-state index is 13.5. The standard InChI is InChI=1S/C23H29F2N5O/c1-14-21(22(31)29-18-6-8-23(24,25)9-7-18)19-10-16(20-12-28-30(3)15(20)2)4-5-17(19)11-26-13-27-14/h4-5,10,12,18,26-27H,6-9,11,13H2,1-3H3,(H,29,31). The van der Waals surface area contributed by atoms with Crippen LogP contribution in [-0.2, 0) is 18.4 Å². The molecule has 1 fully saturated rings. The first kappa shape index (κ1) is 21.5. The van der Waals surface area contributed by atoms with Crippen LogP contribution in [0.2, 0.25) is 0 Å². The molecular weight excluding hydrogens is 400 g/mol. The third kappa shape index (κ3) is 4.49. The van der Waals surface area contributed by atoms with Gasteiger partial charge < -0.3 is 10.6 Å². The van der Waals surface area contributed by atoms with Crippen LogP contribution in [0.15, 0.2) is 30.1 Å². The number of aromatic nitrogens is 2. The maximum Gasteiger partial charge on any atom is 0.253 e. The van der Waals surface area contributed by atoms with E-state index in [-0.39, 0.29) is 24.8 Å². The van der Waals surface area contributed by atoms with Crippen LogP contribution in [0.5, 0.6) is 0 Å². The van der Waals surface area contributed by atoms with Crippen molar-refractivity contribution >= 4 is 11.5 Å². The number of benzene rings is 1. The fraction of sp³-hybridized carbons (Fsp3) is 0.478. The molecule has 4 rings (SSSR count). The van der Waals surface area contributed by atoms with Crippen LogP contribution in [0.25, 0.3) is 16.7 Å². The molecule has 1 amide bonds. The lowest BCUT2D eigenvalue weighted by molar-refractivity contribution is -0.117. The van der Waals surface area contributed by atoms with Crippen LogP contribution in [0.4, 0.5) is 8.78 Å². The number of alkyl halides is 2. The van der Waals surface area contributed by atoms with Crippen LogP contribution in [0, 0.1) is 6.92 Å². The van der Waals surface area contributed by atoms with Crippen LogP contribution in [0.1, 0.15) is 49.4 Å². The number of hydrogen-bond donors (Lipinski definition) is 3. The number of halogens is 2. The van der Waals surface area contributed by atoms with Gasteiger partial charge in [0.2, 0.25) is 5.92 Å². The second-order valence-corrected chi connectivity index (χ2v) is 8.52. The van der Waals surface area contributed by atoms with Gasteiger partial charge in [0, 0.05) is 49.4 Å². The Morgan fingerprint density at radius 3 is 2.65 bits per heavy atom. The van der Waals surface area contributed by atoms with Gasteiger partial charge >= 0.3 is 0 Å². The zero-order valence-corrected chi connectivity index (χ0v) is 18.2. The van der Waals surface area contributed by atoms with E-state index in [1.54, 1.807) is 0 Å². The minimum absolute atomic E-state index is 0.181. The summed E-state index contributed by atoms with van der Waals surface area (Å²) in [7, 11) is 1.90. The highest BCUT2D eigenvalue weighted by Crippen LogP contribution is 2.34. The molecule has 2 aromatic rings. The van der Waals surface area contributed by atoms with E-state index in [9.17, 15) is 13.6 Å². The Kier molecular flexibility index (Phi) is 5.83. The van der Waals surface area contributed by atoms with Gasteiger partial charge in [-0.2, -0.15) is 5.10 Å². The lowest BCUT2D eigenvalue weighted by atomic mass is 9.90. The molecule has 1 saturated carbocycles. The fourth-order valence-corrected chi connectivity index (χ4v) is 4.33. The molecule has 2 aliphatic rings. The number of fused-ring (bicyclic) bond motifs is 1. The lowest BCUT2D eigenvalue weighted by Gasteiger charge is -2.30. The Labute approximate surface area is 181 Å². The van der Waals surface area contributed by atoms with Crippen LogP contribution < -0.4 is 16.0 Å². The van der Waals surface area contributed by atoms with Crippen molar-refractivity contribution in [3.63, 3.8) is 0 Å². The Balaban J connectivity index is 1.68. The Morgan fingerprint density at radius 1 is 1.23 bits per heavy atom. The Bertz CT molecular complexity index is 1020. The molecule has 0 radical (unpaired) electrons. The van der Waals surface area contributed by atoms with Crippen molar-refractivity contribution in [2.24, 2.45) is 7.05 Å². The first-order chi connectivity index (χ1) is 14.7. The average molecular weight is 430 g/mol. The minimum atomic E-state index is -2.62. The number of amides is 1. The van der Waals surface area contributed by atoms with E-state index in [0.717, 1.165) is 33.6 Å². The van der Waals surface area contributed by atoms with E-state index in [2.05, 4.69) is 21.0 Å². The van der Waals surface area contributed by atoms with Gasteiger partial charge in [-0.3, -0.25) is 14.8 Å². The molecular formula is C23H29F2N5O. The molecule has 3 N–H and O–H groups in total. The summed E-state index contributed by atoms with van der Waals surface area (Å²) < 4.78 is 28.9. The number of nitrogens with one attached hydrogen (secondary N) is 3. The van der Waals surface area contributed by atoms with Gasteiger partial charge in [-0.05, 0) is 49.4 Å². The van der Waals surface area contributed by atoms with Gasteiger partial charge in [-0.15, -0.1) is 0 Å². The van der Waals surface area contributed by atoms with Crippen molar-refractivity contribution in [1.82, 2.24) is 25.7 Å². The van der Waals surface area contributed by atoms with Crippen molar-refractivity contribution in [3.8, 4) is 11.1 Å². The molecule has 1 aromatic heterocycles. The highest BCUT2D eigenvalue weighted by atomic mass is 19.3. The second kappa shape index (κ2) is 8.42. The molecule has 0 unspecified atom stereocenters. The summed E-state index contributed by atoms with van der Waals surface area (Å²) >= 11 is 0. The van der Waals surface area contributed by atoms with Gasteiger partial charge in [0.1, 0.15) is 0 Å². The molecule has 1 aliphatic carbocycles. The molecule has 31 heavy (non-hydrogen) atoms. The monoisotopic (exact) mass is 429 g/mol. The number of aryl methyl sites for hydroxylation is 1. The number of rotatable bonds is 3. The van der Waals surface area contributed by atoms with Gasteiger partial charge in [0.05, 0.1) is 18.4 Å². The van der Waals surface area contributed by atoms with Gasteiger partial charge in [0.15, 0.2) is 0 Å². The van der Waals surface area contributed by atoms with Crippen LogP contribution in [0.3, 0.4) is 0 Å². The predicted molar refractivity (Wildman–Crippen MR) is 116 cm³/mol. The van der Waals surface area contributed by atoms with Crippen molar-refractivity contribution in [1.29, 1.82) is 0 Å². The summed E-state index contributed by atoms with van der Waals surface area (Å²) in [5.41, 5.74) is 6.23. The zero-order valence-electron chi connectivity index (χ0n) is 18.2. The number of hydrogen-bond acceptors (Lipinski definition) is 4. The highest BCUT2D eigenvalue weighted by Gasteiger charge is 2.36. The van der Waals surface area contributed by atoms with E-state index < -0.39 is 5.92 Å². The molecule has 166 valence electrons. The van der Waals surface area contributed by atoms with Crippen molar-refractivity contribution in [2.45, 2.75) is 58.0 Å². The van der Waals surface area contributed by atoms with E-state index in [1.165, 1.54) is 0 Å². The van der Waals surface area contributed by atoms with E-state index in [4.69, 9.17) is 0 Å². The molecule has 6 nitrogen and oxygen atoms in total. The molecule has 1 aliphatic heterocycles. The Morgan fingerprint density at radius 2 is 1.97 bits per heavy atom. The summed E-state index contributed by atoms with van der Waals surface area (Å²) in [5, 5.41) is 13.9. The molecule has 0 atom stereocenters. The Hall–Kier alpha value is -2.74. The molecule has 0 bridgehead atoms. The zero-order chi connectivity index (χ0) is 22.2. The molecule has 2 heterocycles. The topological polar surface area (TPSA) is 71.0 Å². The first-order valence-electron chi connectivity index (χ1n) is 10.7. The highest BCUT2D eigenvalue weighted by molar-refractivity contribution is 6.21. The molecule has 8 heteroatoms. The summed E-state index contributed by atoms with van der Waals surface area (Å²) in [6, 6.07) is 5.88. The third-order valence-electron chi connectivity index (χ3n) is 6.37. The van der Waals surface area contributed by atoms with Crippen LogP contribution >= 0.6 is 0 Å². The first-order valence-corrected chi connectivity index (χ1v) is 10.7. The fourth-order valence-electron chi connectivity index (χ4n) is 4.33. The van der Waals surface area contributed by atoms with Gasteiger partial charge in [0.25, 0.3) is 5.91 Å². The number of allylic oxidation sites excluding steroid dienone is 1. The summed E-state index contributed by atoms with van der Waals surface area (Å²) in [6.45, 7) is 5.05.